The van der Waals surface area contributed by atoms with Crippen LogP contribution in [0.3, 0.4) is 0 Å². The molecule has 0 bridgehead atoms. The molecule has 0 aromatic heterocycles. The molecule has 1 aromatic rings. The summed E-state index contributed by atoms with van der Waals surface area (Å²) in [6, 6.07) is 5.46. The van der Waals surface area contributed by atoms with Crippen LogP contribution >= 0.6 is 0 Å². The van der Waals surface area contributed by atoms with Crippen molar-refractivity contribution >= 4 is 5.96 Å². The molecule has 2 N–H and O–H groups in total. The van der Waals surface area contributed by atoms with Gasteiger partial charge in [0.05, 0.1) is 0 Å². The maximum Gasteiger partial charge on any atom is 0.191 e. The van der Waals surface area contributed by atoms with Gasteiger partial charge in [0.2, 0.25) is 0 Å². The molecule has 1 aromatic carbocycles. The summed E-state index contributed by atoms with van der Waals surface area (Å²) < 4.78 is 27.0. The van der Waals surface area contributed by atoms with E-state index in [4.69, 9.17) is 0 Å². The fourth-order valence-corrected chi connectivity index (χ4v) is 4.05. The molecule has 1 saturated heterocycles. The highest BCUT2D eigenvalue weighted by molar-refractivity contribution is 5.80. The van der Waals surface area contributed by atoms with Gasteiger partial charge < -0.3 is 10.6 Å². The Morgan fingerprint density at radius 2 is 2.04 bits per heavy atom. The van der Waals surface area contributed by atoms with Gasteiger partial charge in [0.1, 0.15) is 0 Å². The van der Waals surface area contributed by atoms with Gasteiger partial charge in [-0.15, -0.1) is 0 Å². The molecule has 4 nitrogen and oxygen atoms in total. The molecular weight excluding hydrogens is 334 g/mol. The van der Waals surface area contributed by atoms with Crippen molar-refractivity contribution in [3.8, 4) is 0 Å². The number of rotatable bonds is 6. The van der Waals surface area contributed by atoms with E-state index in [1.165, 1.54) is 31.7 Å². The largest absolute Gasteiger partial charge is 0.357 e. The van der Waals surface area contributed by atoms with E-state index in [9.17, 15) is 8.78 Å². The normalized spacial score (nSPS) is 22.1. The molecule has 6 heteroatoms. The number of nitrogens with one attached hydrogen (secondary N) is 2. The third-order valence-corrected chi connectivity index (χ3v) is 5.43. The van der Waals surface area contributed by atoms with Crippen molar-refractivity contribution in [3.05, 3.63) is 35.4 Å². The summed E-state index contributed by atoms with van der Waals surface area (Å²) in [6.07, 6.45) is 6.90. The predicted molar refractivity (Wildman–Crippen MR) is 101 cm³/mol. The van der Waals surface area contributed by atoms with Gasteiger partial charge in [-0.2, -0.15) is 0 Å². The molecule has 1 unspecified atom stereocenters. The molecule has 2 aliphatic rings. The van der Waals surface area contributed by atoms with Gasteiger partial charge in [-0.25, -0.2) is 8.78 Å². The van der Waals surface area contributed by atoms with E-state index >= 15 is 0 Å². The minimum Gasteiger partial charge on any atom is -0.357 e. The van der Waals surface area contributed by atoms with Crippen molar-refractivity contribution in [2.75, 3.05) is 26.2 Å². The Labute approximate surface area is 155 Å². The van der Waals surface area contributed by atoms with Gasteiger partial charge in [0, 0.05) is 38.3 Å². The van der Waals surface area contributed by atoms with Gasteiger partial charge in [0.15, 0.2) is 17.6 Å². The maximum atomic E-state index is 13.7. The molecule has 1 atom stereocenters. The number of benzene rings is 1. The average molecular weight is 364 g/mol. The Morgan fingerprint density at radius 1 is 1.23 bits per heavy atom. The first kappa shape index (κ1) is 19.1. The minimum absolute atomic E-state index is 0.373. The zero-order valence-corrected chi connectivity index (χ0v) is 15.6. The lowest BCUT2D eigenvalue weighted by Crippen LogP contribution is -2.45. The zero-order chi connectivity index (χ0) is 18.4. The quantitative estimate of drug-likeness (QED) is 0.602. The monoisotopic (exact) mass is 364 g/mol. The molecular formula is C20H30F2N4. The van der Waals surface area contributed by atoms with Crippen molar-refractivity contribution in [2.45, 2.75) is 57.5 Å². The Balaban J connectivity index is 1.51. The van der Waals surface area contributed by atoms with E-state index in [1.807, 2.05) is 6.92 Å². The molecule has 3 rings (SSSR count). The second kappa shape index (κ2) is 9.31. The van der Waals surface area contributed by atoms with Crippen LogP contribution in [0.15, 0.2) is 23.2 Å². The highest BCUT2D eigenvalue weighted by Gasteiger charge is 2.30. The van der Waals surface area contributed by atoms with Crippen LogP contribution in [0.25, 0.3) is 0 Å². The van der Waals surface area contributed by atoms with Gasteiger partial charge in [-0.05, 0) is 44.2 Å². The minimum atomic E-state index is -0.797. The number of aliphatic imine (C=N–C) groups is 1. The lowest BCUT2D eigenvalue weighted by atomic mass is 10.1. The van der Waals surface area contributed by atoms with Crippen molar-refractivity contribution in [2.24, 2.45) is 4.99 Å². The van der Waals surface area contributed by atoms with E-state index in [-0.39, 0.29) is 0 Å². The maximum absolute atomic E-state index is 13.7. The third-order valence-electron chi connectivity index (χ3n) is 5.43. The van der Waals surface area contributed by atoms with Gasteiger partial charge >= 0.3 is 0 Å². The number of guanidine groups is 1. The van der Waals surface area contributed by atoms with E-state index in [2.05, 4.69) is 20.5 Å². The molecule has 26 heavy (non-hydrogen) atoms. The number of hydrogen-bond acceptors (Lipinski definition) is 2. The Hall–Kier alpha value is -1.69. The van der Waals surface area contributed by atoms with E-state index in [0.29, 0.717) is 24.6 Å². The van der Waals surface area contributed by atoms with Gasteiger partial charge in [0.25, 0.3) is 0 Å². The summed E-state index contributed by atoms with van der Waals surface area (Å²) in [6.45, 7) is 5.45. The van der Waals surface area contributed by atoms with Crippen LogP contribution in [0, 0.1) is 11.6 Å². The smallest absolute Gasteiger partial charge is 0.191 e. The molecule has 0 radical (unpaired) electrons. The number of likely N-dealkylation sites (tertiary alicyclic amines) is 1. The zero-order valence-electron chi connectivity index (χ0n) is 15.6. The summed E-state index contributed by atoms with van der Waals surface area (Å²) in [4.78, 5) is 7.16. The topological polar surface area (TPSA) is 39.7 Å². The molecule has 0 spiro atoms. The Kier molecular flexibility index (Phi) is 6.83. The summed E-state index contributed by atoms with van der Waals surface area (Å²) in [5, 5.41) is 6.77. The average Bonchev–Trinajstić information content (AvgIpc) is 3.30. The second-order valence-corrected chi connectivity index (χ2v) is 7.29. The highest BCUT2D eigenvalue weighted by Crippen LogP contribution is 2.26. The highest BCUT2D eigenvalue weighted by atomic mass is 19.2. The van der Waals surface area contributed by atoms with Gasteiger partial charge in [-0.3, -0.25) is 9.89 Å². The molecule has 1 aliphatic carbocycles. The molecule has 0 amide bonds. The first-order valence-electron chi connectivity index (χ1n) is 9.89. The SMILES string of the molecule is CCNC(=NCCc1cccc(F)c1F)NC1CCN(C2CCCC2)C1. The van der Waals surface area contributed by atoms with Crippen LogP contribution in [-0.4, -0.2) is 49.1 Å². The fraction of sp³-hybridized carbons (Fsp3) is 0.650. The Bertz CT molecular complexity index is 614. The van der Waals surface area contributed by atoms with E-state index < -0.39 is 11.6 Å². The van der Waals surface area contributed by atoms with Crippen molar-refractivity contribution < 1.29 is 8.78 Å². The fourth-order valence-electron chi connectivity index (χ4n) is 4.05. The summed E-state index contributed by atoms with van der Waals surface area (Å²) in [7, 11) is 0. The van der Waals surface area contributed by atoms with Crippen LogP contribution in [0.1, 0.15) is 44.6 Å². The molecule has 2 fully saturated rings. The van der Waals surface area contributed by atoms with Crippen LogP contribution in [-0.2, 0) is 6.42 Å². The van der Waals surface area contributed by atoms with Crippen LogP contribution in [0.4, 0.5) is 8.78 Å². The number of hydrogen-bond donors (Lipinski definition) is 2. The summed E-state index contributed by atoms with van der Waals surface area (Å²) >= 11 is 0. The standard InChI is InChI=1S/C20H30F2N4/c1-2-23-20(24-12-10-15-6-5-9-18(21)19(15)22)25-16-11-13-26(14-16)17-7-3-4-8-17/h5-6,9,16-17H,2-4,7-8,10-14H2,1H3,(H2,23,24,25). The first-order valence-corrected chi connectivity index (χ1v) is 9.89. The second-order valence-electron chi connectivity index (χ2n) is 7.29. The molecule has 144 valence electrons. The van der Waals surface area contributed by atoms with Gasteiger partial charge in [-0.1, -0.05) is 25.0 Å². The molecule has 1 heterocycles. The number of nitrogens with zero attached hydrogens (tertiary/aromatic N) is 2. The van der Waals surface area contributed by atoms with Crippen molar-refractivity contribution in [1.29, 1.82) is 0 Å². The van der Waals surface area contributed by atoms with E-state index in [0.717, 1.165) is 44.1 Å². The Morgan fingerprint density at radius 3 is 2.81 bits per heavy atom. The van der Waals surface area contributed by atoms with Crippen LogP contribution < -0.4 is 10.6 Å². The van der Waals surface area contributed by atoms with Crippen molar-refractivity contribution in [3.63, 3.8) is 0 Å². The predicted octanol–water partition coefficient (Wildman–Crippen LogP) is 3.08. The third kappa shape index (κ3) is 4.93. The van der Waals surface area contributed by atoms with Crippen LogP contribution in [0.5, 0.6) is 0 Å². The van der Waals surface area contributed by atoms with Crippen molar-refractivity contribution in [1.82, 2.24) is 15.5 Å². The lowest BCUT2D eigenvalue weighted by molar-refractivity contribution is 0.242. The lowest BCUT2D eigenvalue weighted by Gasteiger charge is -2.24. The summed E-state index contributed by atoms with van der Waals surface area (Å²) in [5.41, 5.74) is 0.373. The van der Waals surface area contributed by atoms with E-state index in [1.54, 1.807) is 6.07 Å². The first-order chi connectivity index (χ1) is 12.7. The summed E-state index contributed by atoms with van der Waals surface area (Å²) in [5.74, 6) is -0.791. The molecule has 1 saturated carbocycles. The number of halogens is 2. The van der Waals surface area contributed by atoms with Crippen LogP contribution in [0.2, 0.25) is 0 Å². The molecule has 1 aliphatic heterocycles.